The van der Waals surface area contributed by atoms with Gasteiger partial charge in [-0.15, -0.1) is 0 Å². The summed E-state index contributed by atoms with van der Waals surface area (Å²) >= 11 is 0. The summed E-state index contributed by atoms with van der Waals surface area (Å²) in [4.78, 5) is 16.1. The second kappa shape index (κ2) is 7.89. The molecule has 0 unspecified atom stereocenters. The molecular weight excluding hydrogens is 330 g/mol. The molecule has 24 heavy (non-hydrogen) atoms. The van der Waals surface area contributed by atoms with Gasteiger partial charge in [0.15, 0.2) is 0 Å². The summed E-state index contributed by atoms with van der Waals surface area (Å²) in [5, 5.41) is 2.74. The van der Waals surface area contributed by atoms with E-state index >= 15 is 0 Å². The van der Waals surface area contributed by atoms with Crippen LogP contribution in [0.25, 0.3) is 0 Å². The maximum Gasteiger partial charge on any atom is 0.251 e. The van der Waals surface area contributed by atoms with Gasteiger partial charge in [-0.2, -0.15) is 0 Å². The van der Waals surface area contributed by atoms with Crippen LogP contribution in [0.1, 0.15) is 22.8 Å². The molecule has 128 valence electrons. The number of amides is 1. The summed E-state index contributed by atoms with van der Waals surface area (Å²) in [5.74, 6) is -0.191. The van der Waals surface area contributed by atoms with E-state index in [4.69, 9.17) is 4.74 Å². The van der Waals surface area contributed by atoms with Gasteiger partial charge in [0.2, 0.25) is 10.0 Å². The first-order valence-corrected chi connectivity index (χ1v) is 8.81. The summed E-state index contributed by atoms with van der Waals surface area (Å²) < 4.78 is 31.9. The van der Waals surface area contributed by atoms with Gasteiger partial charge in [0.05, 0.1) is 7.11 Å². The van der Waals surface area contributed by atoms with Gasteiger partial charge in [-0.25, -0.2) is 13.1 Å². The molecule has 0 spiro atoms. The fraction of sp³-hybridized carbons (Fsp3) is 0.250. The Hall–Kier alpha value is -2.45. The molecule has 0 aliphatic heterocycles. The number of pyridine rings is 1. The standard InChI is InChI=1S/C16H19N3O4S/c1-3-19-24(21,22)15-10-13(4-5-14(15)23-2)16(20)18-11-12-6-8-17-9-7-12/h4-10,19H,3,11H2,1-2H3,(H,18,20). The number of rotatable bonds is 7. The van der Waals surface area contributed by atoms with Crippen molar-refractivity contribution < 1.29 is 17.9 Å². The molecule has 0 bridgehead atoms. The lowest BCUT2D eigenvalue weighted by atomic mass is 10.2. The molecule has 1 amide bonds. The number of hydrogen-bond acceptors (Lipinski definition) is 5. The lowest BCUT2D eigenvalue weighted by molar-refractivity contribution is 0.0950. The zero-order valence-electron chi connectivity index (χ0n) is 13.4. The van der Waals surface area contributed by atoms with E-state index in [-0.39, 0.29) is 28.7 Å². The van der Waals surface area contributed by atoms with Crippen molar-refractivity contribution in [3.63, 3.8) is 0 Å². The van der Waals surface area contributed by atoms with Crippen LogP contribution in [-0.2, 0) is 16.6 Å². The number of aromatic nitrogens is 1. The molecule has 0 atom stereocenters. The summed E-state index contributed by atoms with van der Waals surface area (Å²) in [7, 11) is -2.36. The molecule has 2 N–H and O–H groups in total. The number of sulfonamides is 1. The summed E-state index contributed by atoms with van der Waals surface area (Å²) in [6, 6.07) is 7.86. The quantitative estimate of drug-likeness (QED) is 0.786. The van der Waals surface area contributed by atoms with Crippen molar-refractivity contribution in [2.24, 2.45) is 0 Å². The zero-order chi connectivity index (χ0) is 17.6. The maximum absolute atomic E-state index is 12.3. The molecule has 0 aliphatic rings. The van der Waals surface area contributed by atoms with E-state index in [1.165, 1.54) is 25.3 Å². The Morgan fingerprint density at radius 2 is 1.92 bits per heavy atom. The molecule has 0 aliphatic carbocycles. The highest BCUT2D eigenvalue weighted by Gasteiger charge is 2.20. The molecule has 1 heterocycles. The van der Waals surface area contributed by atoms with E-state index in [9.17, 15) is 13.2 Å². The maximum atomic E-state index is 12.3. The third-order valence-corrected chi connectivity index (χ3v) is 4.82. The molecule has 0 fully saturated rings. The van der Waals surface area contributed by atoms with E-state index in [2.05, 4.69) is 15.0 Å². The molecule has 1 aromatic heterocycles. The number of nitrogens with zero attached hydrogens (tertiary/aromatic N) is 1. The second-order valence-electron chi connectivity index (χ2n) is 4.91. The highest BCUT2D eigenvalue weighted by Crippen LogP contribution is 2.24. The van der Waals surface area contributed by atoms with Crippen LogP contribution in [0.5, 0.6) is 5.75 Å². The number of carbonyl (C=O) groups excluding carboxylic acids is 1. The van der Waals surface area contributed by atoms with Crippen molar-refractivity contribution in [1.82, 2.24) is 15.0 Å². The van der Waals surface area contributed by atoms with E-state index in [1.807, 2.05) is 0 Å². The predicted molar refractivity (Wildman–Crippen MR) is 89.3 cm³/mol. The molecule has 0 saturated carbocycles. The lowest BCUT2D eigenvalue weighted by Gasteiger charge is -2.12. The Morgan fingerprint density at radius 1 is 1.21 bits per heavy atom. The van der Waals surface area contributed by atoms with Gasteiger partial charge in [-0.3, -0.25) is 9.78 Å². The van der Waals surface area contributed by atoms with Gasteiger partial charge < -0.3 is 10.1 Å². The number of hydrogen-bond donors (Lipinski definition) is 2. The van der Waals surface area contributed by atoms with Crippen LogP contribution in [0, 0.1) is 0 Å². The Bertz CT molecular complexity index is 807. The van der Waals surface area contributed by atoms with Gasteiger partial charge in [-0.1, -0.05) is 6.92 Å². The first-order valence-electron chi connectivity index (χ1n) is 7.32. The average molecular weight is 349 g/mol. The van der Waals surface area contributed by atoms with Crippen LogP contribution < -0.4 is 14.8 Å². The van der Waals surface area contributed by atoms with Crippen LogP contribution in [-0.4, -0.2) is 33.0 Å². The molecule has 7 nitrogen and oxygen atoms in total. The third-order valence-electron chi connectivity index (χ3n) is 3.25. The highest BCUT2D eigenvalue weighted by molar-refractivity contribution is 7.89. The van der Waals surface area contributed by atoms with Gasteiger partial charge in [0.25, 0.3) is 5.91 Å². The summed E-state index contributed by atoms with van der Waals surface area (Å²) in [6.45, 7) is 2.24. The first-order chi connectivity index (χ1) is 11.5. The van der Waals surface area contributed by atoms with E-state index < -0.39 is 10.0 Å². The van der Waals surface area contributed by atoms with E-state index in [1.54, 1.807) is 31.5 Å². The molecule has 2 aromatic rings. The van der Waals surface area contributed by atoms with Crippen LogP contribution in [0.15, 0.2) is 47.6 Å². The summed E-state index contributed by atoms with van der Waals surface area (Å²) in [6.07, 6.45) is 3.27. The second-order valence-corrected chi connectivity index (χ2v) is 6.64. The normalized spacial score (nSPS) is 11.1. The van der Waals surface area contributed by atoms with Crippen molar-refractivity contribution in [3.05, 3.63) is 53.9 Å². The van der Waals surface area contributed by atoms with Crippen molar-refractivity contribution in [2.75, 3.05) is 13.7 Å². The Kier molecular flexibility index (Phi) is 5.88. The highest BCUT2D eigenvalue weighted by atomic mass is 32.2. The minimum Gasteiger partial charge on any atom is -0.495 e. The SMILES string of the molecule is CCNS(=O)(=O)c1cc(C(=O)NCc2ccncc2)ccc1OC. The molecule has 0 radical (unpaired) electrons. The van der Waals surface area contributed by atoms with Gasteiger partial charge in [0.1, 0.15) is 10.6 Å². The largest absolute Gasteiger partial charge is 0.495 e. The zero-order valence-corrected chi connectivity index (χ0v) is 14.3. The number of carbonyl (C=O) groups is 1. The van der Waals surface area contributed by atoms with Crippen molar-refractivity contribution in [1.29, 1.82) is 0 Å². The van der Waals surface area contributed by atoms with Gasteiger partial charge in [0, 0.05) is 31.0 Å². The molecule has 1 aromatic carbocycles. The molecular formula is C16H19N3O4S. The number of ether oxygens (including phenoxy) is 1. The van der Waals surface area contributed by atoms with Crippen LogP contribution in [0.2, 0.25) is 0 Å². The smallest absolute Gasteiger partial charge is 0.251 e. The number of nitrogens with one attached hydrogen (secondary N) is 2. The molecule has 2 rings (SSSR count). The van der Waals surface area contributed by atoms with Crippen LogP contribution in [0.4, 0.5) is 0 Å². The fourth-order valence-corrected chi connectivity index (χ4v) is 3.31. The van der Waals surface area contributed by atoms with Crippen LogP contribution in [0.3, 0.4) is 0 Å². The van der Waals surface area contributed by atoms with E-state index in [0.29, 0.717) is 6.54 Å². The predicted octanol–water partition coefficient (Wildman–Crippen LogP) is 1.32. The average Bonchev–Trinajstić information content (AvgIpc) is 2.60. The summed E-state index contributed by atoms with van der Waals surface area (Å²) in [5.41, 5.74) is 1.13. The van der Waals surface area contributed by atoms with Crippen LogP contribution >= 0.6 is 0 Å². The lowest BCUT2D eigenvalue weighted by Crippen LogP contribution is -2.26. The Labute approximate surface area is 141 Å². The van der Waals surface area contributed by atoms with Crippen molar-refractivity contribution >= 4 is 15.9 Å². The van der Waals surface area contributed by atoms with Crippen molar-refractivity contribution in [2.45, 2.75) is 18.4 Å². The number of methoxy groups -OCH3 is 1. The Balaban J connectivity index is 2.23. The van der Waals surface area contributed by atoms with Gasteiger partial charge in [-0.05, 0) is 35.9 Å². The van der Waals surface area contributed by atoms with E-state index in [0.717, 1.165) is 5.56 Å². The third kappa shape index (κ3) is 4.30. The molecule has 0 saturated heterocycles. The van der Waals surface area contributed by atoms with Crippen molar-refractivity contribution in [3.8, 4) is 5.75 Å². The minimum absolute atomic E-state index is 0.0663. The first kappa shape index (κ1) is 17.9. The topological polar surface area (TPSA) is 97.4 Å². The van der Waals surface area contributed by atoms with Gasteiger partial charge >= 0.3 is 0 Å². The molecule has 8 heteroatoms. The number of benzene rings is 1. The Morgan fingerprint density at radius 3 is 2.54 bits per heavy atom. The minimum atomic E-state index is -3.74. The fourth-order valence-electron chi connectivity index (χ4n) is 2.08. The monoisotopic (exact) mass is 349 g/mol.